The van der Waals surface area contributed by atoms with Gasteiger partial charge in [0.25, 0.3) is 0 Å². The maximum absolute atomic E-state index is 13.5. The van der Waals surface area contributed by atoms with E-state index in [4.69, 9.17) is 14.2 Å². The Morgan fingerprint density at radius 2 is 1.80 bits per heavy atom. The summed E-state index contributed by atoms with van der Waals surface area (Å²) < 4.78 is 17.7. The van der Waals surface area contributed by atoms with Crippen molar-refractivity contribution in [3.8, 4) is 0 Å². The molecular formula is C40H66N2O9. The maximum Gasteiger partial charge on any atom is 0.410 e. The molecule has 51 heavy (non-hydrogen) atoms. The smallest absolute Gasteiger partial charge is 0.410 e. The summed E-state index contributed by atoms with van der Waals surface area (Å²) in [5.41, 5.74) is -1.92. The largest absolute Gasteiger partial charge is 0.457 e. The number of hydrogen-bond acceptors (Lipinski definition) is 10. The van der Waals surface area contributed by atoms with E-state index in [1.54, 1.807) is 49.1 Å². The van der Waals surface area contributed by atoms with Gasteiger partial charge in [-0.05, 0) is 64.5 Å². The van der Waals surface area contributed by atoms with Crippen LogP contribution in [0.5, 0.6) is 0 Å². The molecule has 0 aromatic carbocycles. The summed E-state index contributed by atoms with van der Waals surface area (Å²) >= 11 is 0. The van der Waals surface area contributed by atoms with E-state index in [1.807, 2.05) is 27.7 Å². The Kier molecular flexibility index (Phi) is 15.2. The minimum atomic E-state index is -1.48. The van der Waals surface area contributed by atoms with Crippen molar-refractivity contribution in [2.24, 2.45) is 11.8 Å². The fraction of sp³-hybridized carbons (Fsp3) is 0.800. The van der Waals surface area contributed by atoms with Crippen LogP contribution in [0.4, 0.5) is 4.79 Å². The zero-order chi connectivity index (χ0) is 37.3. The SMILES string of the molecule is CC[C@H](O)[C@@H](C)[C@H]1O[C@@H]1CC(C)(O)/C=C/C=C(\C)[C@H]1OC(=O)C[C@H](O)CC[C@@](C)(O)[C@@H](OC(=O)N2CCN(C3CCCCCC3)CC2)/C=C/[C@@H]1C. The van der Waals surface area contributed by atoms with Crippen LogP contribution in [-0.2, 0) is 19.0 Å². The van der Waals surface area contributed by atoms with E-state index in [9.17, 15) is 30.0 Å². The molecule has 1 unspecified atom stereocenters. The number of piperazine rings is 1. The minimum absolute atomic E-state index is 0.0102. The van der Waals surface area contributed by atoms with Gasteiger partial charge in [-0.1, -0.05) is 70.8 Å². The summed E-state index contributed by atoms with van der Waals surface area (Å²) in [4.78, 5) is 30.6. The fourth-order valence-corrected chi connectivity index (χ4v) is 7.88. The number of ether oxygens (including phenoxy) is 3. The van der Waals surface area contributed by atoms with E-state index in [0.717, 1.165) is 13.1 Å². The predicted molar refractivity (Wildman–Crippen MR) is 196 cm³/mol. The number of carbonyl (C=O) groups is 2. The van der Waals surface area contributed by atoms with Crippen LogP contribution < -0.4 is 0 Å². The van der Waals surface area contributed by atoms with E-state index < -0.39 is 47.7 Å². The van der Waals surface area contributed by atoms with Crippen molar-refractivity contribution in [2.75, 3.05) is 26.2 Å². The second kappa shape index (κ2) is 18.7. The zero-order valence-corrected chi connectivity index (χ0v) is 31.9. The van der Waals surface area contributed by atoms with E-state index >= 15 is 0 Å². The monoisotopic (exact) mass is 718 g/mol. The summed E-state index contributed by atoms with van der Waals surface area (Å²) in [6, 6.07) is 0.581. The lowest BCUT2D eigenvalue weighted by Crippen LogP contribution is -2.53. The molecule has 4 N–H and O–H groups in total. The highest BCUT2D eigenvalue weighted by atomic mass is 16.6. The van der Waals surface area contributed by atoms with Crippen molar-refractivity contribution in [2.45, 2.75) is 166 Å². The Morgan fingerprint density at radius 1 is 1.14 bits per heavy atom. The molecule has 11 heteroatoms. The van der Waals surface area contributed by atoms with Crippen LogP contribution in [0, 0.1) is 11.8 Å². The predicted octanol–water partition coefficient (Wildman–Crippen LogP) is 5.05. The van der Waals surface area contributed by atoms with E-state index in [-0.39, 0.29) is 43.3 Å². The Bertz CT molecular complexity index is 1220. The first-order valence-electron chi connectivity index (χ1n) is 19.5. The number of aliphatic hydroxyl groups excluding tert-OH is 2. The molecule has 0 aromatic rings. The standard InChI is InChI=1S/C40H66N2O9/c1-7-32(44)29(4)37-33(49-37)26-39(5,47)19-12-13-27(2)36-28(3)16-17-34(40(6,48)20-18-31(43)25-35(45)51-36)50-38(46)42-23-21-41(22-24-42)30-14-10-8-9-11-15-30/h12-13,16-17,19,28-34,36-37,43-44,47-48H,7-11,14-15,18,20-26H2,1-6H3/b17-16+,19-12+,27-13+/t28-,29+,31+,32-,33+,34-,36+,37+,39?,40+/m0/s1. The molecular weight excluding hydrogens is 652 g/mol. The molecule has 3 fully saturated rings. The lowest BCUT2D eigenvalue weighted by molar-refractivity contribution is -0.151. The highest BCUT2D eigenvalue weighted by Gasteiger charge is 2.47. The Balaban J connectivity index is 1.42. The minimum Gasteiger partial charge on any atom is -0.457 e. The van der Waals surface area contributed by atoms with Crippen molar-refractivity contribution in [1.82, 2.24) is 9.80 Å². The van der Waals surface area contributed by atoms with E-state index in [2.05, 4.69) is 4.90 Å². The molecule has 0 spiro atoms. The van der Waals surface area contributed by atoms with Crippen molar-refractivity contribution in [3.63, 3.8) is 0 Å². The Labute approximate surface area is 305 Å². The third-order valence-corrected chi connectivity index (χ3v) is 11.5. The van der Waals surface area contributed by atoms with Gasteiger partial charge in [0.05, 0.1) is 36.4 Å². The van der Waals surface area contributed by atoms with Gasteiger partial charge in [0.1, 0.15) is 11.7 Å². The molecule has 3 aliphatic heterocycles. The highest BCUT2D eigenvalue weighted by Crippen LogP contribution is 2.37. The number of esters is 1. The number of nitrogens with zero attached hydrogens (tertiary/aromatic N) is 2. The average Bonchev–Trinajstić information content (AvgIpc) is 3.89. The van der Waals surface area contributed by atoms with E-state index in [1.165, 1.54) is 38.5 Å². The Hall–Kier alpha value is -2.28. The molecule has 1 aliphatic carbocycles. The molecule has 290 valence electrons. The number of amides is 1. The second-order valence-corrected chi connectivity index (χ2v) is 16.2. The van der Waals surface area contributed by atoms with Gasteiger partial charge in [0.15, 0.2) is 6.10 Å². The highest BCUT2D eigenvalue weighted by molar-refractivity contribution is 5.70. The lowest BCUT2D eigenvalue weighted by atomic mass is 9.88. The van der Waals surface area contributed by atoms with Crippen LogP contribution in [0.3, 0.4) is 0 Å². The van der Waals surface area contributed by atoms with Gasteiger partial charge in [0.2, 0.25) is 0 Å². The number of aliphatic hydroxyl groups is 4. The zero-order valence-electron chi connectivity index (χ0n) is 31.9. The Morgan fingerprint density at radius 3 is 2.45 bits per heavy atom. The van der Waals surface area contributed by atoms with Crippen LogP contribution >= 0.6 is 0 Å². The molecule has 4 aliphatic rings. The average molecular weight is 719 g/mol. The summed E-state index contributed by atoms with van der Waals surface area (Å²) in [5, 5.41) is 43.4. The summed E-state index contributed by atoms with van der Waals surface area (Å²) in [6.45, 7) is 13.7. The third-order valence-electron chi connectivity index (χ3n) is 11.5. The lowest BCUT2D eigenvalue weighted by Gasteiger charge is -2.40. The molecule has 10 atom stereocenters. The van der Waals surface area contributed by atoms with Crippen LogP contribution in [0.1, 0.15) is 112 Å². The van der Waals surface area contributed by atoms with Crippen LogP contribution in [0.25, 0.3) is 0 Å². The number of hydrogen-bond donors (Lipinski definition) is 4. The van der Waals surface area contributed by atoms with Gasteiger partial charge < -0.3 is 39.5 Å². The van der Waals surface area contributed by atoms with E-state index in [0.29, 0.717) is 37.5 Å². The van der Waals surface area contributed by atoms with Crippen LogP contribution in [-0.4, -0.2) is 122 Å². The van der Waals surface area contributed by atoms with Crippen molar-refractivity contribution >= 4 is 12.1 Å². The van der Waals surface area contributed by atoms with Crippen molar-refractivity contribution in [1.29, 1.82) is 0 Å². The molecule has 3 heterocycles. The van der Waals surface area contributed by atoms with Crippen LogP contribution in [0.15, 0.2) is 36.0 Å². The third kappa shape index (κ3) is 12.4. The van der Waals surface area contributed by atoms with Gasteiger partial charge in [-0.2, -0.15) is 0 Å². The molecule has 1 amide bonds. The van der Waals surface area contributed by atoms with Gasteiger partial charge >= 0.3 is 12.1 Å². The van der Waals surface area contributed by atoms with Gasteiger partial charge in [-0.15, -0.1) is 0 Å². The molecule has 0 radical (unpaired) electrons. The van der Waals surface area contributed by atoms with Crippen LogP contribution in [0.2, 0.25) is 0 Å². The van der Waals surface area contributed by atoms with Crippen molar-refractivity contribution in [3.05, 3.63) is 36.0 Å². The molecule has 0 aromatic heterocycles. The fourth-order valence-electron chi connectivity index (χ4n) is 7.88. The number of epoxide rings is 1. The second-order valence-electron chi connectivity index (χ2n) is 16.2. The number of rotatable bonds is 10. The van der Waals surface area contributed by atoms with Crippen molar-refractivity contribution < 1.29 is 44.2 Å². The van der Waals surface area contributed by atoms with Gasteiger partial charge in [-0.25, -0.2) is 4.79 Å². The summed E-state index contributed by atoms with van der Waals surface area (Å²) in [7, 11) is 0. The first-order chi connectivity index (χ1) is 24.1. The maximum atomic E-state index is 13.5. The molecule has 4 rings (SSSR count). The van der Waals surface area contributed by atoms with Gasteiger partial charge in [-0.3, -0.25) is 9.69 Å². The quantitative estimate of drug-likeness (QED) is 0.0794. The topological polar surface area (TPSA) is 153 Å². The van der Waals surface area contributed by atoms with Gasteiger partial charge in [0, 0.05) is 50.5 Å². The molecule has 1 saturated carbocycles. The summed E-state index contributed by atoms with van der Waals surface area (Å²) in [5.74, 6) is -0.935. The summed E-state index contributed by atoms with van der Waals surface area (Å²) in [6.07, 6.45) is 13.4. The molecule has 2 saturated heterocycles. The first kappa shape index (κ1) is 41.5. The number of carbonyl (C=O) groups excluding carboxylic acids is 2. The number of allylic oxidation sites excluding steroid dienone is 2. The normalized spacial score (nSPS) is 35.5. The molecule has 11 nitrogen and oxygen atoms in total. The number of cyclic esters (lactones) is 1. The first-order valence-corrected chi connectivity index (χ1v) is 19.5. The molecule has 0 bridgehead atoms.